The number of carbonyl (C=O) groups is 2. The lowest BCUT2D eigenvalue weighted by Gasteiger charge is -2.34. The van der Waals surface area contributed by atoms with Gasteiger partial charge in [0.25, 0.3) is 10.0 Å². The van der Waals surface area contributed by atoms with Crippen molar-refractivity contribution in [3.05, 3.63) is 95.1 Å². The molecule has 0 aliphatic heterocycles. The SMILES string of the molecule is CC[C@H](C(=O)NC1CCCC1)N(Cc1ccc(C)cc1)C(=O)CN(c1cccc(C)c1C)S(=O)(=O)c1ccccc1. The molecule has 41 heavy (non-hydrogen) atoms. The lowest BCUT2D eigenvalue weighted by Crippen LogP contribution is -2.53. The van der Waals surface area contributed by atoms with Gasteiger partial charge in [-0.2, -0.15) is 0 Å². The number of aryl methyl sites for hydroxylation is 2. The average molecular weight is 576 g/mol. The first-order chi connectivity index (χ1) is 19.6. The molecule has 1 fully saturated rings. The number of benzene rings is 3. The molecule has 1 aliphatic rings. The van der Waals surface area contributed by atoms with Gasteiger partial charge in [0.2, 0.25) is 11.8 Å². The molecular formula is C33H41N3O4S. The number of nitrogens with zero attached hydrogens (tertiary/aromatic N) is 2. The van der Waals surface area contributed by atoms with Gasteiger partial charge in [-0.1, -0.05) is 79.9 Å². The summed E-state index contributed by atoms with van der Waals surface area (Å²) in [6.45, 7) is 7.42. The summed E-state index contributed by atoms with van der Waals surface area (Å²) in [5, 5.41) is 3.15. The van der Waals surface area contributed by atoms with Gasteiger partial charge in [0.05, 0.1) is 10.6 Å². The van der Waals surface area contributed by atoms with Crippen LogP contribution in [-0.2, 0) is 26.2 Å². The van der Waals surface area contributed by atoms with E-state index in [0.717, 1.165) is 47.9 Å². The normalized spacial score (nSPS) is 14.4. The topological polar surface area (TPSA) is 86.8 Å². The smallest absolute Gasteiger partial charge is 0.264 e. The Hall–Kier alpha value is -3.65. The first-order valence-corrected chi connectivity index (χ1v) is 15.8. The lowest BCUT2D eigenvalue weighted by atomic mass is 10.1. The molecule has 3 aromatic carbocycles. The minimum absolute atomic E-state index is 0.102. The van der Waals surface area contributed by atoms with Crippen LogP contribution in [0.15, 0.2) is 77.7 Å². The Bertz CT molecular complexity index is 1450. The van der Waals surface area contributed by atoms with Crippen molar-refractivity contribution in [3.63, 3.8) is 0 Å². The summed E-state index contributed by atoms with van der Waals surface area (Å²) in [5.41, 5.74) is 4.10. The number of sulfonamides is 1. The Morgan fingerprint density at radius 1 is 0.902 bits per heavy atom. The summed E-state index contributed by atoms with van der Waals surface area (Å²) in [6.07, 6.45) is 4.44. The van der Waals surface area contributed by atoms with Gasteiger partial charge in [-0.3, -0.25) is 13.9 Å². The standard InChI is InChI=1S/C33H41N3O4S/c1-5-30(33(38)34-28-13-9-10-14-28)35(22-27-20-18-24(2)19-21-27)32(37)23-36(31-17-11-12-25(3)26(31)4)41(39,40)29-15-7-6-8-16-29/h6-8,11-12,15-21,28,30H,5,9-10,13-14,22-23H2,1-4H3,(H,34,38)/t30-/m1/s1. The molecule has 3 aromatic rings. The minimum atomic E-state index is -4.09. The highest BCUT2D eigenvalue weighted by atomic mass is 32.2. The Labute approximate surface area is 244 Å². The van der Waals surface area contributed by atoms with Crippen LogP contribution in [0.3, 0.4) is 0 Å². The summed E-state index contributed by atoms with van der Waals surface area (Å²) in [5.74, 6) is -0.622. The van der Waals surface area contributed by atoms with Crippen LogP contribution in [0.25, 0.3) is 0 Å². The summed E-state index contributed by atoms with van der Waals surface area (Å²) in [7, 11) is -4.09. The van der Waals surface area contributed by atoms with E-state index in [4.69, 9.17) is 0 Å². The lowest BCUT2D eigenvalue weighted by molar-refractivity contribution is -0.140. The number of rotatable bonds is 11. The average Bonchev–Trinajstić information content (AvgIpc) is 3.47. The number of hydrogen-bond acceptors (Lipinski definition) is 4. The van der Waals surface area contributed by atoms with Crippen LogP contribution in [0.5, 0.6) is 0 Å². The Balaban J connectivity index is 1.73. The molecule has 0 heterocycles. The zero-order valence-electron chi connectivity index (χ0n) is 24.5. The van der Waals surface area contributed by atoms with Gasteiger partial charge < -0.3 is 10.2 Å². The molecule has 1 aliphatic carbocycles. The van der Waals surface area contributed by atoms with Crippen molar-refractivity contribution in [2.24, 2.45) is 0 Å². The number of anilines is 1. The third-order valence-electron chi connectivity index (χ3n) is 8.02. The predicted molar refractivity (Wildman–Crippen MR) is 163 cm³/mol. The maximum absolute atomic E-state index is 14.3. The van der Waals surface area contributed by atoms with Crippen molar-refractivity contribution < 1.29 is 18.0 Å². The third kappa shape index (κ3) is 7.17. The van der Waals surface area contributed by atoms with Gasteiger partial charge >= 0.3 is 0 Å². The maximum atomic E-state index is 14.3. The second kappa shape index (κ2) is 13.3. The molecule has 2 amide bonds. The second-order valence-corrected chi connectivity index (χ2v) is 12.8. The zero-order chi connectivity index (χ0) is 29.6. The van der Waals surface area contributed by atoms with Crippen molar-refractivity contribution >= 4 is 27.5 Å². The van der Waals surface area contributed by atoms with Crippen LogP contribution < -0.4 is 9.62 Å². The maximum Gasteiger partial charge on any atom is 0.264 e. The fourth-order valence-electron chi connectivity index (χ4n) is 5.42. The number of hydrogen-bond donors (Lipinski definition) is 1. The minimum Gasteiger partial charge on any atom is -0.352 e. The molecule has 0 aromatic heterocycles. The largest absolute Gasteiger partial charge is 0.352 e. The second-order valence-electron chi connectivity index (χ2n) is 11.0. The van der Waals surface area contributed by atoms with Gasteiger partial charge in [-0.05, 0) is 74.9 Å². The van der Waals surface area contributed by atoms with E-state index in [0.29, 0.717) is 12.1 Å². The van der Waals surface area contributed by atoms with Crippen molar-refractivity contribution in [2.45, 2.75) is 83.3 Å². The van der Waals surface area contributed by atoms with Crippen LogP contribution in [0.1, 0.15) is 61.3 Å². The number of amides is 2. The highest BCUT2D eigenvalue weighted by molar-refractivity contribution is 7.92. The molecule has 0 radical (unpaired) electrons. The molecule has 8 heteroatoms. The van der Waals surface area contributed by atoms with Crippen LogP contribution in [-0.4, -0.2) is 43.8 Å². The Morgan fingerprint density at radius 2 is 1.56 bits per heavy atom. The van der Waals surface area contributed by atoms with Crippen LogP contribution in [0, 0.1) is 20.8 Å². The Morgan fingerprint density at radius 3 is 2.20 bits per heavy atom. The third-order valence-corrected chi connectivity index (χ3v) is 9.79. The predicted octanol–water partition coefficient (Wildman–Crippen LogP) is 5.67. The molecule has 218 valence electrons. The fraction of sp³-hybridized carbons (Fsp3) is 0.394. The molecule has 0 spiro atoms. The zero-order valence-corrected chi connectivity index (χ0v) is 25.3. The molecule has 0 saturated heterocycles. The van der Waals surface area contributed by atoms with Gasteiger partial charge in [-0.15, -0.1) is 0 Å². The molecule has 7 nitrogen and oxygen atoms in total. The highest BCUT2D eigenvalue weighted by Crippen LogP contribution is 2.29. The number of nitrogens with one attached hydrogen (secondary N) is 1. The van der Waals surface area contributed by atoms with Gasteiger partial charge in [0.15, 0.2) is 0 Å². The summed E-state index contributed by atoms with van der Waals surface area (Å²) in [6, 6.07) is 20.8. The molecule has 4 rings (SSSR count). The van der Waals surface area contributed by atoms with E-state index in [-0.39, 0.29) is 23.4 Å². The van der Waals surface area contributed by atoms with E-state index in [2.05, 4.69) is 5.32 Å². The van der Waals surface area contributed by atoms with Crippen LogP contribution in [0.4, 0.5) is 5.69 Å². The Kier molecular flexibility index (Phi) is 9.86. The quantitative estimate of drug-likeness (QED) is 0.319. The van der Waals surface area contributed by atoms with E-state index < -0.39 is 28.5 Å². The van der Waals surface area contributed by atoms with Gasteiger partial charge in [0, 0.05) is 12.6 Å². The van der Waals surface area contributed by atoms with Crippen molar-refractivity contribution in [1.82, 2.24) is 10.2 Å². The summed E-state index contributed by atoms with van der Waals surface area (Å²) >= 11 is 0. The van der Waals surface area contributed by atoms with E-state index in [1.54, 1.807) is 35.2 Å². The fourth-order valence-corrected chi connectivity index (χ4v) is 6.91. The molecule has 1 N–H and O–H groups in total. The molecule has 0 unspecified atom stereocenters. The monoisotopic (exact) mass is 575 g/mol. The van der Waals surface area contributed by atoms with Crippen LogP contribution >= 0.6 is 0 Å². The first-order valence-electron chi connectivity index (χ1n) is 14.4. The van der Waals surface area contributed by atoms with Crippen molar-refractivity contribution in [1.29, 1.82) is 0 Å². The summed E-state index contributed by atoms with van der Waals surface area (Å²) in [4.78, 5) is 29.5. The molecular weight excluding hydrogens is 534 g/mol. The van der Waals surface area contributed by atoms with E-state index in [9.17, 15) is 18.0 Å². The molecule has 1 saturated carbocycles. The van der Waals surface area contributed by atoms with E-state index in [1.807, 2.05) is 58.0 Å². The highest BCUT2D eigenvalue weighted by Gasteiger charge is 2.35. The van der Waals surface area contributed by atoms with E-state index >= 15 is 0 Å². The molecule has 0 bridgehead atoms. The van der Waals surface area contributed by atoms with Crippen molar-refractivity contribution in [3.8, 4) is 0 Å². The number of carbonyl (C=O) groups excluding carboxylic acids is 2. The van der Waals surface area contributed by atoms with Crippen molar-refractivity contribution in [2.75, 3.05) is 10.8 Å². The van der Waals surface area contributed by atoms with E-state index in [1.165, 1.54) is 16.4 Å². The summed E-state index contributed by atoms with van der Waals surface area (Å²) < 4.78 is 29.3. The van der Waals surface area contributed by atoms with Crippen LogP contribution in [0.2, 0.25) is 0 Å². The molecule has 1 atom stereocenters. The van der Waals surface area contributed by atoms with Gasteiger partial charge in [0.1, 0.15) is 12.6 Å². The first kappa shape index (κ1) is 30.3. The van der Waals surface area contributed by atoms with Gasteiger partial charge in [-0.25, -0.2) is 8.42 Å².